The van der Waals surface area contributed by atoms with Crippen LogP contribution in [0.15, 0.2) is 83.9 Å². The minimum absolute atomic E-state index is 0.102. The third-order valence-electron chi connectivity index (χ3n) is 4.96. The summed E-state index contributed by atoms with van der Waals surface area (Å²) in [5.74, 6) is 0.0260. The molecule has 0 aliphatic rings. The molecule has 168 valence electrons. The number of amides is 2. The van der Waals surface area contributed by atoms with Crippen molar-refractivity contribution in [1.29, 1.82) is 0 Å². The summed E-state index contributed by atoms with van der Waals surface area (Å²) in [5.41, 5.74) is 2.29. The van der Waals surface area contributed by atoms with Gasteiger partial charge in [-0.1, -0.05) is 47.5 Å². The van der Waals surface area contributed by atoms with Crippen LogP contribution in [0, 0.1) is 0 Å². The van der Waals surface area contributed by atoms with Crippen molar-refractivity contribution >= 4 is 63.4 Å². The Hall–Kier alpha value is -2.93. The molecule has 0 aliphatic carbocycles. The minimum Gasteiger partial charge on any atom is -0.350 e. The second-order valence-electron chi connectivity index (χ2n) is 7.31. The van der Waals surface area contributed by atoms with Gasteiger partial charge in [-0.05, 0) is 48.5 Å². The van der Waals surface area contributed by atoms with Crippen LogP contribution < -0.4 is 10.6 Å². The number of aromatic nitrogens is 1. The number of fused-ring (bicyclic) bond motifs is 1. The van der Waals surface area contributed by atoms with Crippen LogP contribution in [0.1, 0.15) is 10.4 Å². The van der Waals surface area contributed by atoms with Crippen LogP contribution in [-0.2, 0) is 11.3 Å². The Morgan fingerprint density at radius 2 is 1.70 bits per heavy atom. The van der Waals surface area contributed by atoms with Gasteiger partial charge in [-0.2, -0.15) is 0 Å². The zero-order chi connectivity index (χ0) is 23.2. The first-order chi connectivity index (χ1) is 16.0. The molecule has 0 fully saturated rings. The molecule has 0 aliphatic heterocycles. The van der Waals surface area contributed by atoms with Gasteiger partial charge in [0.25, 0.3) is 5.91 Å². The van der Waals surface area contributed by atoms with Gasteiger partial charge in [0.1, 0.15) is 0 Å². The van der Waals surface area contributed by atoms with E-state index in [1.807, 2.05) is 30.5 Å². The fraction of sp³-hybridized carbons (Fsp3) is 0.120. The molecule has 4 aromatic rings. The van der Waals surface area contributed by atoms with Crippen molar-refractivity contribution in [2.24, 2.45) is 0 Å². The average Bonchev–Trinajstić information content (AvgIpc) is 3.16. The molecule has 33 heavy (non-hydrogen) atoms. The van der Waals surface area contributed by atoms with Crippen LogP contribution in [0.3, 0.4) is 0 Å². The highest BCUT2D eigenvalue weighted by atomic mass is 35.5. The first kappa shape index (κ1) is 23.2. The topological polar surface area (TPSA) is 63.1 Å². The van der Waals surface area contributed by atoms with Crippen LogP contribution in [0.25, 0.3) is 10.9 Å². The summed E-state index contributed by atoms with van der Waals surface area (Å²) in [6.45, 7) is 1.08. The molecule has 3 aromatic carbocycles. The van der Waals surface area contributed by atoms with Gasteiger partial charge in [0.15, 0.2) is 0 Å². The number of hydrogen-bond acceptors (Lipinski definition) is 3. The molecule has 0 atom stereocenters. The quantitative estimate of drug-likeness (QED) is 0.288. The van der Waals surface area contributed by atoms with E-state index in [-0.39, 0.29) is 17.6 Å². The number of nitrogens with one attached hydrogen (secondary N) is 2. The average molecular weight is 498 g/mol. The zero-order valence-corrected chi connectivity index (χ0v) is 19.9. The Morgan fingerprint density at radius 1 is 0.909 bits per heavy atom. The normalized spacial score (nSPS) is 10.8. The maximum Gasteiger partial charge on any atom is 0.251 e. The standard InChI is InChI=1S/C25H21Cl2N3O2S/c26-18-10-8-17(9-11-18)25(32)28-12-13-30-15-23(21-6-1-2-7-22(21)30)33-16-24(31)29-20-5-3-4-19(27)14-20/h1-11,14-15H,12-13,16H2,(H,28,32)(H,29,31). The Morgan fingerprint density at radius 3 is 2.48 bits per heavy atom. The molecule has 2 N–H and O–H groups in total. The summed E-state index contributed by atoms with van der Waals surface area (Å²) in [7, 11) is 0. The maximum absolute atomic E-state index is 12.4. The predicted octanol–water partition coefficient (Wildman–Crippen LogP) is 6.11. The van der Waals surface area contributed by atoms with Crippen LogP contribution in [0.4, 0.5) is 5.69 Å². The number of carbonyl (C=O) groups is 2. The lowest BCUT2D eigenvalue weighted by atomic mass is 10.2. The van der Waals surface area contributed by atoms with E-state index in [9.17, 15) is 9.59 Å². The molecular formula is C25H21Cl2N3O2S. The van der Waals surface area contributed by atoms with Crippen LogP contribution in [-0.4, -0.2) is 28.7 Å². The van der Waals surface area contributed by atoms with Gasteiger partial charge >= 0.3 is 0 Å². The summed E-state index contributed by atoms with van der Waals surface area (Å²) >= 11 is 13.3. The second-order valence-corrected chi connectivity index (χ2v) is 9.20. The molecule has 0 radical (unpaired) electrons. The molecule has 5 nitrogen and oxygen atoms in total. The van der Waals surface area contributed by atoms with Crippen LogP contribution >= 0.6 is 35.0 Å². The highest BCUT2D eigenvalue weighted by Crippen LogP contribution is 2.30. The monoisotopic (exact) mass is 497 g/mol. The molecule has 1 heterocycles. The molecule has 0 saturated carbocycles. The lowest BCUT2D eigenvalue weighted by molar-refractivity contribution is -0.113. The SMILES string of the molecule is O=C(CSc1cn(CCNC(=O)c2ccc(Cl)cc2)c2ccccc12)Nc1cccc(Cl)c1. The Bertz CT molecular complexity index is 1290. The summed E-state index contributed by atoms with van der Waals surface area (Å²) in [6.07, 6.45) is 2.02. The largest absolute Gasteiger partial charge is 0.350 e. The van der Waals surface area contributed by atoms with Gasteiger partial charge < -0.3 is 15.2 Å². The van der Waals surface area contributed by atoms with Crippen molar-refractivity contribution in [3.05, 3.63) is 94.6 Å². The lowest BCUT2D eigenvalue weighted by Gasteiger charge is -2.08. The van der Waals surface area contributed by atoms with Crippen molar-refractivity contribution in [3.8, 4) is 0 Å². The third kappa shape index (κ3) is 6.11. The zero-order valence-electron chi connectivity index (χ0n) is 17.6. The molecule has 4 rings (SSSR count). The number of para-hydroxylation sites is 1. The molecular weight excluding hydrogens is 477 g/mol. The van der Waals surface area contributed by atoms with E-state index in [4.69, 9.17) is 23.2 Å². The lowest BCUT2D eigenvalue weighted by Crippen LogP contribution is -2.27. The number of benzene rings is 3. The molecule has 0 bridgehead atoms. The Kier molecular flexibility index (Phi) is 7.60. The maximum atomic E-state index is 12.4. The summed E-state index contributed by atoms with van der Waals surface area (Å²) in [5, 5.41) is 8.05. The number of thioether (sulfide) groups is 1. The van der Waals surface area contributed by atoms with Crippen molar-refractivity contribution < 1.29 is 9.59 Å². The van der Waals surface area contributed by atoms with Gasteiger partial charge in [-0.25, -0.2) is 0 Å². The molecule has 2 amide bonds. The fourth-order valence-electron chi connectivity index (χ4n) is 3.41. The summed E-state index contributed by atoms with van der Waals surface area (Å²) < 4.78 is 2.09. The molecule has 1 aromatic heterocycles. The molecule has 0 unspecified atom stereocenters. The molecule has 8 heteroatoms. The van der Waals surface area contributed by atoms with Gasteiger partial charge in [0, 0.05) is 56.4 Å². The van der Waals surface area contributed by atoms with Crippen molar-refractivity contribution in [2.45, 2.75) is 11.4 Å². The van der Waals surface area contributed by atoms with E-state index in [1.54, 1.807) is 48.5 Å². The summed E-state index contributed by atoms with van der Waals surface area (Å²) in [6, 6.07) is 21.9. The van der Waals surface area contributed by atoms with E-state index < -0.39 is 0 Å². The van der Waals surface area contributed by atoms with Gasteiger partial charge in [-0.15, -0.1) is 11.8 Å². The predicted molar refractivity (Wildman–Crippen MR) is 137 cm³/mol. The third-order valence-corrected chi connectivity index (χ3v) is 6.49. The van der Waals surface area contributed by atoms with Gasteiger partial charge in [0.05, 0.1) is 5.75 Å². The first-order valence-corrected chi connectivity index (χ1v) is 12.0. The van der Waals surface area contributed by atoms with Crippen LogP contribution in [0.5, 0.6) is 0 Å². The Balaban J connectivity index is 1.38. The second kappa shape index (κ2) is 10.8. The number of rotatable bonds is 8. The van der Waals surface area contributed by atoms with E-state index in [0.717, 1.165) is 15.8 Å². The van der Waals surface area contributed by atoms with Crippen molar-refractivity contribution in [3.63, 3.8) is 0 Å². The first-order valence-electron chi connectivity index (χ1n) is 10.3. The minimum atomic E-state index is -0.143. The molecule has 0 spiro atoms. The number of anilines is 1. The number of hydrogen-bond donors (Lipinski definition) is 2. The Labute approximate surface area is 206 Å². The van der Waals surface area contributed by atoms with Crippen molar-refractivity contribution in [2.75, 3.05) is 17.6 Å². The van der Waals surface area contributed by atoms with Gasteiger partial charge in [-0.3, -0.25) is 9.59 Å². The van der Waals surface area contributed by atoms with Gasteiger partial charge in [0.2, 0.25) is 5.91 Å². The van der Waals surface area contributed by atoms with E-state index in [1.165, 1.54) is 11.8 Å². The number of nitrogens with zero attached hydrogens (tertiary/aromatic N) is 1. The molecule has 0 saturated heterocycles. The van der Waals surface area contributed by atoms with E-state index >= 15 is 0 Å². The van der Waals surface area contributed by atoms with Crippen LogP contribution in [0.2, 0.25) is 10.0 Å². The number of carbonyl (C=O) groups excluding carboxylic acids is 2. The van der Waals surface area contributed by atoms with E-state index in [0.29, 0.717) is 34.4 Å². The highest BCUT2D eigenvalue weighted by molar-refractivity contribution is 8.00. The van der Waals surface area contributed by atoms with E-state index in [2.05, 4.69) is 15.2 Å². The smallest absolute Gasteiger partial charge is 0.251 e. The summed E-state index contributed by atoms with van der Waals surface area (Å²) in [4.78, 5) is 25.8. The number of halogens is 2. The van der Waals surface area contributed by atoms with Crippen molar-refractivity contribution in [1.82, 2.24) is 9.88 Å². The highest BCUT2D eigenvalue weighted by Gasteiger charge is 2.12. The fourth-order valence-corrected chi connectivity index (χ4v) is 4.62.